The zero-order valence-corrected chi connectivity index (χ0v) is 22.9. The van der Waals surface area contributed by atoms with Gasteiger partial charge in [-0.15, -0.1) is 0 Å². The van der Waals surface area contributed by atoms with Crippen molar-refractivity contribution < 1.29 is 48.3 Å². The van der Waals surface area contributed by atoms with Crippen LogP contribution in [0.4, 0.5) is 0 Å². The lowest BCUT2D eigenvalue weighted by Crippen LogP contribution is -2.25. The molecule has 3 rings (SSSR count). The van der Waals surface area contributed by atoms with Gasteiger partial charge in [0.25, 0.3) is 0 Å². The van der Waals surface area contributed by atoms with E-state index in [1.807, 2.05) is 0 Å². The van der Waals surface area contributed by atoms with Gasteiger partial charge in [0.2, 0.25) is 0 Å². The largest absolute Gasteiger partial charge is 0.478 e. The second-order valence-electron chi connectivity index (χ2n) is 10.7. The van der Waals surface area contributed by atoms with Gasteiger partial charge in [-0.1, -0.05) is 0 Å². The molecular weight excluding hydrogens is 520 g/mol. The minimum atomic E-state index is -1.31. The van der Waals surface area contributed by atoms with Crippen LogP contribution in [0.15, 0.2) is 60.7 Å². The smallest absolute Gasteiger partial charge is 0.339 e. The summed E-state index contributed by atoms with van der Waals surface area (Å²) in [7, 11) is 0. The van der Waals surface area contributed by atoms with Gasteiger partial charge in [-0.05, 0) is 102 Å². The molecule has 0 fully saturated rings. The summed E-state index contributed by atoms with van der Waals surface area (Å²) in [4.78, 5) is 48.4. The highest BCUT2D eigenvalue weighted by Crippen LogP contribution is 2.30. The van der Waals surface area contributed by atoms with Crippen molar-refractivity contribution in [1.82, 2.24) is 0 Å². The Kier molecular flexibility index (Phi) is 8.52. The summed E-state index contributed by atoms with van der Waals surface area (Å²) < 4.78 is 22.1. The first-order valence-electron chi connectivity index (χ1n) is 12.2. The first kappa shape index (κ1) is 29.7. The van der Waals surface area contributed by atoms with Crippen LogP contribution in [0.1, 0.15) is 83.0 Å². The molecule has 10 heteroatoms. The van der Waals surface area contributed by atoms with Crippen LogP contribution >= 0.6 is 0 Å². The molecule has 0 unspecified atom stereocenters. The minimum Gasteiger partial charge on any atom is -0.478 e. The molecule has 0 aliphatic heterocycles. The lowest BCUT2D eigenvalue weighted by atomic mass is 10.1. The standard InChI is InChI=1S/C30H30O10/c1-29(2,3)39-27(35)22-14-12-19(15-23(22)26(33)34)37-17-7-9-18(10-8-17)38-20-11-13-21(25(31)32)24(16-20)28(36)40-30(4,5)6/h7-16H,1-6H3,(H,31,32)(H,33,34). The van der Waals surface area contributed by atoms with Gasteiger partial charge in [-0.2, -0.15) is 0 Å². The van der Waals surface area contributed by atoms with Crippen molar-refractivity contribution in [2.75, 3.05) is 0 Å². The first-order chi connectivity index (χ1) is 18.5. The molecule has 0 heterocycles. The Bertz CT molecular complexity index is 1440. The van der Waals surface area contributed by atoms with E-state index in [1.165, 1.54) is 36.4 Å². The van der Waals surface area contributed by atoms with E-state index >= 15 is 0 Å². The van der Waals surface area contributed by atoms with Gasteiger partial charge in [0, 0.05) is 0 Å². The number of esters is 2. The summed E-state index contributed by atoms with van der Waals surface area (Å²) in [5.74, 6) is -3.04. The van der Waals surface area contributed by atoms with Crippen LogP contribution in [-0.2, 0) is 9.47 Å². The van der Waals surface area contributed by atoms with E-state index in [0.717, 1.165) is 0 Å². The second kappa shape index (κ2) is 11.5. The summed E-state index contributed by atoms with van der Waals surface area (Å²) in [6, 6.07) is 14.3. The van der Waals surface area contributed by atoms with Crippen molar-refractivity contribution in [3.63, 3.8) is 0 Å². The Morgan fingerprint density at radius 3 is 1.25 bits per heavy atom. The summed E-state index contributed by atoms with van der Waals surface area (Å²) in [5.41, 5.74) is -2.34. The molecule has 10 nitrogen and oxygen atoms in total. The summed E-state index contributed by atoms with van der Waals surface area (Å²) in [5, 5.41) is 19.1. The predicted octanol–water partition coefficient (Wildman–Crippen LogP) is 6.58. The zero-order valence-electron chi connectivity index (χ0n) is 22.9. The van der Waals surface area contributed by atoms with Gasteiger partial charge < -0.3 is 29.2 Å². The molecular formula is C30H30O10. The highest BCUT2D eigenvalue weighted by Gasteiger charge is 2.25. The van der Waals surface area contributed by atoms with Crippen molar-refractivity contribution >= 4 is 23.9 Å². The van der Waals surface area contributed by atoms with Crippen LogP contribution in [0.5, 0.6) is 23.0 Å². The van der Waals surface area contributed by atoms with Crippen molar-refractivity contribution in [3.05, 3.63) is 82.9 Å². The molecule has 0 bridgehead atoms. The lowest BCUT2D eigenvalue weighted by Gasteiger charge is -2.20. The Labute approximate surface area is 231 Å². The molecule has 0 saturated heterocycles. The monoisotopic (exact) mass is 550 g/mol. The fraction of sp³-hybridized carbons (Fsp3) is 0.267. The molecule has 0 spiro atoms. The maximum atomic E-state index is 12.6. The maximum Gasteiger partial charge on any atom is 0.339 e. The van der Waals surface area contributed by atoms with Crippen LogP contribution in [0.25, 0.3) is 0 Å². The van der Waals surface area contributed by atoms with E-state index in [1.54, 1.807) is 65.8 Å². The van der Waals surface area contributed by atoms with E-state index in [2.05, 4.69) is 0 Å². The van der Waals surface area contributed by atoms with E-state index < -0.39 is 35.1 Å². The fourth-order valence-corrected chi connectivity index (χ4v) is 3.40. The van der Waals surface area contributed by atoms with Crippen LogP contribution in [0.3, 0.4) is 0 Å². The van der Waals surface area contributed by atoms with Gasteiger partial charge in [0.05, 0.1) is 22.3 Å². The predicted molar refractivity (Wildman–Crippen MR) is 144 cm³/mol. The number of rotatable bonds is 8. The maximum absolute atomic E-state index is 12.6. The molecule has 0 aliphatic rings. The van der Waals surface area contributed by atoms with Gasteiger partial charge in [0.15, 0.2) is 0 Å². The topological polar surface area (TPSA) is 146 Å². The number of ether oxygens (including phenoxy) is 4. The summed E-state index contributed by atoms with van der Waals surface area (Å²) in [6.07, 6.45) is 0. The van der Waals surface area contributed by atoms with Crippen molar-refractivity contribution in [3.8, 4) is 23.0 Å². The molecule has 40 heavy (non-hydrogen) atoms. The molecule has 0 amide bonds. The molecule has 0 aliphatic carbocycles. The van der Waals surface area contributed by atoms with E-state index in [4.69, 9.17) is 18.9 Å². The third-order valence-corrected chi connectivity index (χ3v) is 4.98. The van der Waals surface area contributed by atoms with Crippen LogP contribution < -0.4 is 9.47 Å². The number of carboxylic acid groups (broad SMARTS) is 2. The van der Waals surface area contributed by atoms with E-state index in [-0.39, 0.29) is 33.8 Å². The number of benzene rings is 3. The molecule has 0 aromatic heterocycles. The SMILES string of the molecule is CC(C)(C)OC(=O)c1ccc(Oc2ccc(Oc3ccc(C(=O)O)c(C(=O)OC(C)(C)C)c3)cc2)cc1C(=O)O. The van der Waals surface area contributed by atoms with Crippen molar-refractivity contribution in [2.45, 2.75) is 52.7 Å². The van der Waals surface area contributed by atoms with Gasteiger partial charge in [-0.3, -0.25) is 0 Å². The Morgan fingerprint density at radius 2 is 0.850 bits per heavy atom. The summed E-state index contributed by atoms with van der Waals surface area (Å²) >= 11 is 0. The van der Waals surface area contributed by atoms with Gasteiger partial charge in [-0.25, -0.2) is 19.2 Å². The number of carboxylic acids is 2. The Hall–Kier alpha value is -4.86. The van der Waals surface area contributed by atoms with Gasteiger partial charge >= 0.3 is 23.9 Å². The number of carbonyl (C=O) groups excluding carboxylic acids is 2. The third-order valence-electron chi connectivity index (χ3n) is 4.98. The Morgan fingerprint density at radius 1 is 0.500 bits per heavy atom. The number of carbonyl (C=O) groups is 4. The zero-order chi connectivity index (χ0) is 29.8. The first-order valence-corrected chi connectivity index (χ1v) is 12.2. The van der Waals surface area contributed by atoms with Crippen LogP contribution in [0.2, 0.25) is 0 Å². The molecule has 3 aromatic carbocycles. The van der Waals surface area contributed by atoms with E-state index in [9.17, 15) is 29.4 Å². The quantitative estimate of drug-likeness (QED) is 0.295. The summed E-state index contributed by atoms with van der Waals surface area (Å²) in [6.45, 7) is 10.1. The minimum absolute atomic E-state index is 0.0989. The normalized spacial score (nSPS) is 11.3. The average molecular weight is 551 g/mol. The van der Waals surface area contributed by atoms with Gasteiger partial charge in [0.1, 0.15) is 34.2 Å². The Balaban J connectivity index is 1.78. The van der Waals surface area contributed by atoms with E-state index in [0.29, 0.717) is 11.5 Å². The number of aromatic carboxylic acids is 2. The molecule has 2 N–H and O–H groups in total. The lowest BCUT2D eigenvalue weighted by molar-refractivity contribution is 0.00547. The third kappa shape index (κ3) is 8.07. The van der Waals surface area contributed by atoms with Crippen molar-refractivity contribution in [2.24, 2.45) is 0 Å². The second-order valence-corrected chi connectivity index (χ2v) is 10.7. The molecule has 210 valence electrons. The highest BCUT2D eigenvalue weighted by atomic mass is 16.6. The number of hydrogen-bond acceptors (Lipinski definition) is 8. The molecule has 0 saturated carbocycles. The molecule has 3 aromatic rings. The molecule has 0 atom stereocenters. The number of hydrogen-bond donors (Lipinski definition) is 2. The van der Waals surface area contributed by atoms with Crippen molar-refractivity contribution in [1.29, 1.82) is 0 Å². The fourth-order valence-electron chi connectivity index (χ4n) is 3.40. The molecule has 0 radical (unpaired) electrons. The van der Waals surface area contributed by atoms with Crippen LogP contribution in [0, 0.1) is 0 Å². The average Bonchev–Trinajstić information content (AvgIpc) is 2.83. The highest BCUT2D eigenvalue weighted by molar-refractivity contribution is 6.03. The van der Waals surface area contributed by atoms with Crippen LogP contribution in [-0.4, -0.2) is 45.3 Å².